The summed E-state index contributed by atoms with van der Waals surface area (Å²) in [5.41, 5.74) is -0.162. The number of nitrogens with one attached hydrogen (secondary N) is 2. The number of aliphatic hydroxyl groups excluding tert-OH is 3. The molecule has 0 spiro atoms. The number of carbonyl (C=O) groups is 2. The van der Waals surface area contributed by atoms with E-state index in [0.717, 1.165) is 32.0 Å². The average molecular weight is 546 g/mol. The molecule has 2 fully saturated rings. The fraction of sp³-hybridized carbons (Fsp3) is 0.652. The molecule has 37 heavy (non-hydrogen) atoms. The SMILES string of the molecule is CCN1CCCC1CNC(=O)c1cc(S(=O)(=O)CC)c(NC2OC(C(=O)O)C(O)C(O)C2O)cc1OC. The Morgan fingerprint density at radius 2 is 1.86 bits per heavy atom. The zero-order valence-electron chi connectivity index (χ0n) is 21.0. The summed E-state index contributed by atoms with van der Waals surface area (Å²) in [7, 11) is -2.65. The number of carboxylic acids is 1. The number of likely N-dealkylation sites (N-methyl/N-ethyl adjacent to an activating group) is 1. The summed E-state index contributed by atoms with van der Waals surface area (Å²) in [6.07, 6.45) is -7.11. The highest BCUT2D eigenvalue weighted by Crippen LogP contribution is 2.34. The summed E-state index contributed by atoms with van der Waals surface area (Å²) < 4.78 is 36.5. The Morgan fingerprint density at radius 1 is 1.16 bits per heavy atom. The molecule has 208 valence electrons. The van der Waals surface area contributed by atoms with Crippen LogP contribution in [0.5, 0.6) is 5.75 Å². The van der Waals surface area contributed by atoms with E-state index >= 15 is 0 Å². The third-order valence-electron chi connectivity index (χ3n) is 6.82. The Morgan fingerprint density at radius 3 is 2.46 bits per heavy atom. The molecule has 6 N–H and O–H groups in total. The van der Waals surface area contributed by atoms with Gasteiger partial charge in [0.25, 0.3) is 5.91 Å². The van der Waals surface area contributed by atoms with E-state index in [0.29, 0.717) is 6.54 Å². The molecule has 2 saturated heterocycles. The van der Waals surface area contributed by atoms with Crippen molar-refractivity contribution < 1.29 is 47.9 Å². The van der Waals surface area contributed by atoms with Crippen molar-refractivity contribution in [3.63, 3.8) is 0 Å². The number of ether oxygens (including phenoxy) is 2. The Hall–Kier alpha value is -2.49. The van der Waals surface area contributed by atoms with Crippen LogP contribution in [0.3, 0.4) is 0 Å². The van der Waals surface area contributed by atoms with Crippen LogP contribution in [-0.2, 0) is 19.4 Å². The fourth-order valence-corrected chi connectivity index (χ4v) is 5.70. The lowest BCUT2D eigenvalue weighted by Crippen LogP contribution is -2.61. The quantitative estimate of drug-likeness (QED) is 0.210. The van der Waals surface area contributed by atoms with Gasteiger partial charge in [-0.15, -0.1) is 0 Å². The number of nitrogens with zero attached hydrogens (tertiary/aromatic N) is 1. The van der Waals surface area contributed by atoms with Crippen LogP contribution in [0.4, 0.5) is 5.69 Å². The van der Waals surface area contributed by atoms with Crippen molar-refractivity contribution in [1.29, 1.82) is 0 Å². The van der Waals surface area contributed by atoms with Crippen LogP contribution in [0, 0.1) is 0 Å². The number of carbonyl (C=O) groups excluding carboxylic acids is 1. The van der Waals surface area contributed by atoms with Crippen LogP contribution >= 0.6 is 0 Å². The van der Waals surface area contributed by atoms with Crippen LogP contribution in [0.25, 0.3) is 0 Å². The van der Waals surface area contributed by atoms with E-state index in [1.807, 2.05) is 6.92 Å². The fourth-order valence-electron chi connectivity index (χ4n) is 4.64. The average Bonchev–Trinajstić information content (AvgIpc) is 3.34. The molecule has 0 radical (unpaired) electrons. The highest BCUT2D eigenvalue weighted by atomic mass is 32.2. The molecule has 6 unspecified atom stereocenters. The second-order valence-corrected chi connectivity index (χ2v) is 11.3. The van der Waals surface area contributed by atoms with Crippen LogP contribution < -0.4 is 15.4 Å². The third kappa shape index (κ3) is 6.16. The largest absolute Gasteiger partial charge is 0.496 e. The number of hydrogen-bond acceptors (Lipinski definition) is 11. The molecule has 1 aromatic rings. The third-order valence-corrected chi connectivity index (χ3v) is 8.59. The predicted octanol–water partition coefficient (Wildman–Crippen LogP) is -0.993. The predicted molar refractivity (Wildman–Crippen MR) is 131 cm³/mol. The molecule has 3 rings (SSSR count). The number of aliphatic hydroxyl groups is 3. The number of rotatable bonds is 10. The van der Waals surface area contributed by atoms with Gasteiger partial charge < -0.3 is 40.5 Å². The van der Waals surface area contributed by atoms with E-state index in [2.05, 4.69) is 15.5 Å². The van der Waals surface area contributed by atoms with Gasteiger partial charge in [-0.1, -0.05) is 13.8 Å². The molecule has 0 aromatic heterocycles. The second kappa shape index (κ2) is 11.9. The summed E-state index contributed by atoms with van der Waals surface area (Å²) >= 11 is 0. The summed E-state index contributed by atoms with van der Waals surface area (Å²) in [5.74, 6) is -2.41. The number of amides is 1. The first-order valence-electron chi connectivity index (χ1n) is 12.1. The first-order chi connectivity index (χ1) is 17.4. The minimum Gasteiger partial charge on any atom is -0.496 e. The number of likely N-dealkylation sites (tertiary alicyclic amines) is 1. The highest BCUT2D eigenvalue weighted by molar-refractivity contribution is 7.91. The molecule has 0 aliphatic carbocycles. The van der Waals surface area contributed by atoms with Gasteiger partial charge >= 0.3 is 5.97 Å². The lowest BCUT2D eigenvalue weighted by atomic mass is 9.98. The van der Waals surface area contributed by atoms with Gasteiger partial charge in [-0.05, 0) is 32.0 Å². The standard InChI is InChI=1S/C23H35N3O10S/c1-4-26-8-6-7-12(26)11-24-21(30)13-9-16(37(33,34)5-2)14(10-15(13)35-3)25-22-19(29)17(27)18(28)20(36-22)23(31)32/h9-10,12,17-20,22,25,27-29H,4-8,11H2,1-3H3,(H,24,30)(H,31,32). The number of benzene rings is 1. The molecular formula is C23H35N3O10S. The Labute approximate surface area is 215 Å². The normalized spacial score (nSPS) is 28.6. The summed E-state index contributed by atoms with van der Waals surface area (Å²) in [6.45, 7) is 5.64. The lowest BCUT2D eigenvalue weighted by Gasteiger charge is -2.39. The first-order valence-corrected chi connectivity index (χ1v) is 13.8. The van der Waals surface area contributed by atoms with E-state index in [9.17, 15) is 38.4 Å². The molecule has 13 nitrogen and oxygen atoms in total. The van der Waals surface area contributed by atoms with Gasteiger partial charge in [0.2, 0.25) is 0 Å². The summed E-state index contributed by atoms with van der Waals surface area (Å²) in [5, 5.41) is 45.1. The smallest absolute Gasteiger partial charge is 0.335 e. The maximum Gasteiger partial charge on any atom is 0.335 e. The van der Waals surface area contributed by atoms with Gasteiger partial charge in [-0.25, -0.2) is 13.2 Å². The van der Waals surface area contributed by atoms with Crippen LogP contribution in [-0.4, -0.2) is 115 Å². The lowest BCUT2D eigenvalue weighted by molar-refractivity contribution is -0.221. The van der Waals surface area contributed by atoms with E-state index in [1.165, 1.54) is 20.1 Å². The van der Waals surface area contributed by atoms with Gasteiger partial charge in [0.15, 0.2) is 22.2 Å². The Bertz CT molecular complexity index is 1100. The zero-order chi connectivity index (χ0) is 27.5. The van der Waals surface area contributed by atoms with E-state index in [-0.39, 0.29) is 33.7 Å². The number of hydrogen-bond donors (Lipinski definition) is 6. The van der Waals surface area contributed by atoms with Crippen LogP contribution in [0.15, 0.2) is 17.0 Å². The Balaban J connectivity index is 1.94. The number of aliphatic carboxylic acids is 1. The highest BCUT2D eigenvalue weighted by Gasteiger charge is 2.47. The number of methoxy groups -OCH3 is 1. The molecule has 2 aliphatic heterocycles. The molecule has 1 amide bonds. The van der Waals surface area contributed by atoms with E-state index in [1.54, 1.807) is 0 Å². The van der Waals surface area contributed by atoms with Gasteiger partial charge in [-0.3, -0.25) is 9.69 Å². The minimum absolute atomic E-state index is 0.0227. The molecule has 1 aromatic carbocycles. The number of sulfone groups is 1. The van der Waals surface area contributed by atoms with Gasteiger partial charge in [-0.2, -0.15) is 0 Å². The number of anilines is 1. The van der Waals surface area contributed by atoms with Crippen LogP contribution in [0.1, 0.15) is 37.0 Å². The van der Waals surface area contributed by atoms with Crippen molar-refractivity contribution in [3.8, 4) is 5.75 Å². The maximum atomic E-state index is 13.1. The molecule has 0 saturated carbocycles. The summed E-state index contributed by atoms with van der Waals surface area (Å²) in [4.78, 5) is 26.5. The van der Waals surface area contributed by atoms with Crippen molar-refractivity contribution in [2.45, 2.75) is 68.3 Å². The summed E-state index contributed by atoms with van der Waals surface area (Å²) in [6, 6.07) is 2.55. The molecule has 6 atom stereocenters. The van der Waals surface area contributed by atoms with Gasteiger partial charge in [0, 0.05) is 18.7 Å². The van der Waals surface area contributed by atoms with Gasteiger partial charge in [0.05, 0.1) is 29.0 Å². The molecule has 2 heterocycles. The zero-order valence-corrected chi connectivity index (χ0v) is 21.8. The van der Waals surface area contributed by atoms with E-state index in [4.69, 9.17) is 9.47 Å². The topological polar surface area (TPSA) is 195 Å². The monoisotopic (exact) mass is 545 g/mol. The first kappa shape index (κ1) is 29.1. The van der Waals surface area contributed by atoms with Crippen molar-refractivity contribution in [1.82, 2.24) is 10.2 Å². The number of carboxylic acid groups (broad SMARTS) is 1. The molecule has 2 aliphatic rings. The Kier molecular flexibility index (Phi) is 9.37. The van der Waals surface area contributed by atoms with E-state index < -0.39 is 52.4 Å². The second-order valence-electron chi connectivity index (χ2n) is 9.02. The van der Waals surface area contributed by atoms with Crippen molar-refractivity contribution in [3.05, 3.63) is 17.7 Å². The minimum atomic E-state index is -3.95. The van der Waals surface area contributed by atoms with Gasteiger partial charge in [0.1, 0.15) is 24.1 Å². The maximum absolute atomic E-state index is 13.1. The van der Waals surface area contributed by atoms with Crippen molar-refractivity contribution in [2.75, 3.05) is 37.8 Å². The molecular weight excluding hydrogens is 510 g/mol. The van der Waals surface area contributed by atoms with Crippen molar-refractivity contribution in [2.24, 2.45) is 0 Å². The molecule has 14 heteroatoms. The molecule has 0 bridgehead atoms. The van der Waals surface area contributed by atoms with Crippen molar-refractivity contribution >= 4 is 27.4 Å². The van der Waals surface area contributed by atoms with Crippen LogP contribution in [0.2, 0.25) is 0 Å².